The Bertz CT molecular complexity index is 425. The lowest BCUT2D eigenvalue weighted by Crippen LogP contribution is -2.22. The van der Waals surface area contributed by atoms with E-state index in [2.05, 4.69) is 21.2 Å². The molecule has 1 aliphatic heterocycles. The van der Waals surface area contributed by atoms with Crippen molar-refractivity contribution in [2.45, 2.75) is 12.6 Å². The number of ether oxygens (including phenoxy) is 2. The van der Waals surface area contributed by atoms with E-state index in [1.54, 1.807) is 0 Å². The predicted octanol–water partition coefficient (Wildman–Crippen LogP) is 1.40. The average molecular weight is 301 g/mol. The number of carbonyl (C=O) groups excluding carboxylic acids is 1. The maximum Gasteiger partial charge on any atom is 0.407 e. The number of nitrogens with two attached hydrogens (primary N) is 1. The van der Waals surface area contributed by atoms with Crippen LogP contribution in [0.5, 0.6) is 5.75 Å². The van der Waals surface area contributed by atoms with Crippen molar-refractivity contribution in [2.75, 3.05) is 13.2 Å². The fourth-order valence-electron chi connectivity index (χ4n) is 1.50. The molecule has 1 aromatic carbocycles. The molecule has 1 saturated heterocycles. The quantitative estimate of drug-likeness (QED) is 0.881. The molecule has 17 heavy (non-hydrogen) atoms. The van der Waals surface area contributed by atoms with E-state index in [9.17, 15) is 4.79 Å². The number of cyclic esters (lactones) is 1. The van der Waals surface area contributed by atoms with Crippen LogP contribution in [0, 0.1) is 0 Å². The summed E-state index contributed by atoms with van der Waals surface area (Å²) in [5.74, 6) is 0.713. The maximum absolute atomic E-state index is 10.8. The standard InChI is InChI=1S/C11H13BrN2O3/c12-9-3-7(4-13)1-2-10(9)16-6-8-5-14-11(15)17-8/h1-3,8H,4-6,13H2,(H,14,15). The van der Waals surface area contributed by atoms with Gasteiger partial charge < -0.3 is 20.5 Å². The number of hydrogen-bond donors (Lipinski definition) is 2. The molecule has 1 amide bonds. The summed E-state index contributed by atoms with van der Waals surface area (Å²) in [4.78, 5) is 10.8. The summed E-state index contributed by atoms with van der Waals surface area (Å²) < 4.78 is 11.4. The van der Waals surface area contributed by atoms with Crippen molar-refractivity contribution in [3.8, 4) is 5.75 Å². The van der Waals surface area contributed by atoms with Gasteiger partial charge in [0.25, 0.3) is 0 Å². The van der Waals surface area contributed by atoms with Crippen molar-refractivity contribution >= 4 is 22.0 Å². The third kappa shape index (κ3) is 3.10. The monoisotopic (exact) mass is 300 g/mol. The van der Waals surface area contributed by atoms with Crippen LogP contribution in [0.15, 0.2) is 22.7 Å². The Labute approximate surface area is 107 Å². The number of alkyl carbamates (subject to hydrolysis) is 1. The van der Waals surface area contributed by atoms with Gasteiger partial charge in [-0.1, -0.05) is 6.07 Å². The topological polar surface area (TPSA) is 73.6 Å². The van der Waals surface area contributed by atoms with Gasteiger partial charge in [0.1, 0.15) is 12.4 Å². The van der Waals surface area contributed by atoms with Crippen LogP contribution in [0.25, 0.3) is 0 Å². The molecule has 0 bridgehead atoms. The molecule has 0 aliphatic carbocycles. The Hall–Kier alpha value is -1.27. The van der Waals surface area contributed by atoms with Gasteiger partial charge in [-0.25, -0.2) is 4.79 Å². The van der Waals surface area contributed by atoms with Crippen LogP contribution in [-0.2, 0) is 11.3 Å². The van der Waals surface area contributed by atoms with Crippen LogP contribution >= 0.6 is 15.9 Å². The zero-order valence-corrected chi connectivity index (χ0v) is 10.7. The van der Waals surface area contributed by atoms with E-state index in [-0.39, 0.29) is 6.10 Å². The third-order valence-electron chi connectivity index (χ3n) is 2.40. The minimum Gasteiger partial charge on any atom is -0.488 e. The van der Waals surface area contributed by atoms with Gasteiger partial charge in [0.2, 0.25) is 0 Å². The molecular formula is C11H13BrN2O3. The number of halogens is 1. The molecule has 0 saturated carbocycles. The van der Waals surface area contributed by atoms with E-state index in [4.69, 9.17) is 15.2 Å². The first kappa shape index (κ1) is 12.2. The van der Waals surface area contributed by atoms with E-state index < -0.39 is 6.09 Å². The van der Waals surface area contributed by atoms with Gasteiger partial charge in [-0.2, -0.15) is 0 Å². The van der Waals surface area contributed by atoms with E-state index in [0.717, 1.165) is 10.0 Å². The summed E-state index contributed by atoms with van der Waals surface area (Å²) in [5, 5.41) is 2.57. The summed E-state index contributed by atoms with van der Waals surface area (Å²) in [6.07, 6.45) is -0.625. The molecular weight excluding hydrogens is 288 g/mol. The second kappa shape index (κ2) is 5.37. The smallest absolute Gasteiger partial charge is 0.407 e. The molecule has 0 radical (unpaired) electrons. The van der Waals surface area contributed by atoms with E-state index >= 15 is 0 Å². The number of benzene rings is 1. The van der Waals surface area contributed by atoms with Crippen molar-refractivity contribution in [1.29, 1.82) is 0 Å². The second-order valence-electron chi connectivity index (χ2n) is 3.69. The van der Waals surface area contributed by atoms with Gasteiger partial charge in [-0.05, 0) is 33.6 Å². The van der Waals surface area contributed by atoms with Gasteiger partial charge >= 0.3 is 6.09 Å². The van der Waals surface area contributed by atoms with Crippen molar-refractivity contribution in [3.05, 3.63) is 28.2 Å². The Morgan fingerprint density at radius 1 is 1.59 bits per heavy atom. The Balaban J connectivity index is 1.92. The molecule has 0 aromatic heterocycles. The third-order valence-corrected chi connectivity index (χ3v) is 3.02. The normalized spacial score (nSPS) is 18.7. The molecule has 1 aliphatic rings. The van der Waals surface area contributed by atoms with Crippen molar-refractivity contribution in [3.63, 3.8) is 0 Å². The molecule has 6 heteroatoms. The molecule has 3 N–H and O–H groups in total. The molecule has 0 spiro atoms. The molecule has 1 aromatic rings. The summed E-state index contributed by atoms with van der Waals surface area (Å²) in [6.45, 7) is 1.31. The summed E-state index contributed by atoms with van der Waals surface area (Å²) in [6, 6.07) is 5.66. The molecule has 92 valence electrons. The van der Waals surface area contributed by atoms with Gasteiger partial charge in [0, 0.05) is 6.54 Å². The Kier molecular flexibility index (Phi) is 3.86. The second-order valence-corrected chi connectivity index (χ2v) is 4.54. The van der Waals surface area contributed by atoms with Crippen molar-refractivity contribution in [1.82, 2.24) is 5.32 Å². The highest BCUT2D eigenvalue weighted by molar-refractivity contribution is 9.10. The van der Waals surface area contributed by atoms with E-state index in [0.29, 0.717) is 25.4 Å². The molecule has 1 atom stereocenters. The SMILES string of the molecule is NCc1ccc(OCC2CNC(=O)O2)c(Br)c1. The van der Waals surface area contributed by atoms with Crippen LogP contribution in [0.2, 0.25) is 0 Å². The largest absolute Gasteiger partial charge is 0.488 e. The number of nitrogens with one attached hydrogen (secondary N) is 1. The lowest BCUT2D eigenvalue weighted by atomic mass is 10.2. The first-order valence-electron chi connectivity index (χ1n) is 5.25. The van der Waals surface area contributed by atoms with Gasteiger partial charge in [-0.15, -0.1) is 0 Å². The molecule has 1 heterocycles. The van der Waals surface area contributed by atoms with Crippen molar-refractivity contribution in [2.24, 2.45) is 5.73 Å². The van der Waals surface area contributed by atoms with Crippen LogP contribution < -0.4 is 15.8 Å². The first-order chi connectivity index (χ1) is 8.19. The first-order valence-corrected chi connectivity index (χ1v) is 6.04. The van der Waals surface area contributed by atoms with Crippen LogP contribution in [0.3, 0.4) is 0 Å². The zero-order chi connectivity index (χ0) is 12.3. The van der Waals surface area contributed by atoms with Gasteiger partial charge in [0.15, 0.2) is 6.10 Å². The number of hydrogen-bond acceptors (Lipinski definition) is 4. The molecule has 2 rings (SSSR count). The zero-order valence-electron chi connectivity index (χ0n) is 9.11. The van der Waals surface area contributed by atoms with Gasteiger partial charge in [0.05, 0.1) is 11.0 Å². The number of rotatable bonds is 4. The highest BCUT2D eigenvalue weighted by Crippen LogP contribution is 2.26. The minimum atomic E-state index is -0.392. The highest BCUT2D eigenvalue weighted by atomic mass is 79.9. The molecule has 5 nitrogen and oxygen atoms in total. The fourth-order valence-corrected chi connectivity index (χ4v) is 2.04. The lowest BCUT2D eigenvalue weighted by molar-refractivity contribution is 0.104. The lowest BCUT2D eigenvalue weighted by Gasteiger charge is -2.12. The summed E-state index contributed by atoms with van der Waals surface area (Å²) in [5.41, 5.74) is 6.56. The summed E-state index contributed by atoms with van der Waals surface area (Å²) in [7, 11) is 0. The van der Waals surface area contributed by atoms with Crippen LogP contribution in [0.4, 0.5) is 4.79 Å². The highest BCUT2D eigenvalue weighted by Gasteiger charge is 2.23. The maximum atomic E-state index is 10.8. The van der Waals surface area contributed by atoms with E-state index in [1.165, 1.54) is 0 Å². The van der Waals surface area contributed by atoms with Crippen LogP contribution in [-0.4, -0.2) is 25.3 Å². The van der Waals surface area contributed by atoms with Crippen molar-refractivity contribution < 1.29 is 14.3 Å². The average Bonchev–Trinajstić information content (AvgIpc) is 2.73. The Morgan fingerprint density at radius 3 is 3.00 bits per heavy atom. The predicted molar refractivity (Wildman–Crippen MR) is 65.8 cm³/mol. The number of amides is 1. The van der Waals surface area contributed by atoms with Crippen LogP contribution in [0.1, 0.15) is 5.56 Å². The number of carbonyl (C=O) groups is 1. The fraction of sp³-hybridized carbons (Fsp3) is 0.364. The van der Waals surface area contributed by atoms with E-state index in [1.807, 2.05) is 18.2 Å². The van der Waals surface area contributed by atoms with Gasteiger partial charge in [-0.3, -0.25) is 0 Å². The minimum absolute atomic E-state index is 0.233. The Morgan fingerprint density at radius 2 is 2.41 bits per heavy atom. The molecule has 1 unspecified atom stereocenters. The molecule has 1 fully saturated rings. The summed E-state index contributed by atoms with van der Waals surface area (Å²) >= 11 is 3.41.